The monoisotopic (exact) mass is 461 g/mol. The first-order chi connectivity index (χ1) is 16.0. The van der Waals surface area contributed by atoms with Crippen LogP contribution in [-0.4, -0.2) is 72.1 Å². The van der Waals surface area contributed by atoms with E-state index in [2.05, 4.69) is 4.74 Å². The molecule has 0 atom stereocenters. The Labute approximate surface area is 191 Å². The van der Waals surface area contributed by atoms with Gasteiger partial charge in [0.1, 0.15) is 32.1 Å². The van der Waals surface area contributed by atoms with E-state index in [0.717, 1.165) is 0 Å². The molecule has 10 heteroatoms. The van der Waals surface area contributed by atoms with Gasteiger partial charge in [-0.1, -0.05) is 24.3 Å². The molecule has 2 aromatic rings. The highest BCUT2D eigenvalue weighted by molar-refractivity contribution is 5.82. The van der Waals surface area contributed by atoms with Gasteiger partial charge in [-0.3, -0.25) is 9.59 Å². The Morgan fingerprint density at radius 2 is 1.09 bits per heavy atom. The summed E-state index contributed by atoms with van der Waals surface area (Å²) in [5.41, 5.74) is 0.523. The number of carbonyl (C=O) groups is 3. The van der Waals surface area contributed by atoms with Crippen LogP contribution < -0.4 is 19.1 Å². The van der Waals surface area contributed by atoms with Crippen molar-refractivity contribution < 1.29 is 42.8 Å². The molecule has 2 aromatic carbocycles. The number of para-hydroxylation sites is 4. The van der Waals surface area contributed by atoms with Crippen molar-refractivity contribution >= 4 is 23.6 Å². The molecule has 0 heterocycles. The van der Waals surface area contributed by atoms with Gasteiger partial charge < -0.3 is 33.3 Å². The number of hydrogen-bond donors (Lipinski definition) is 0. The Morgan fingerprint density at radius 1 is 0.636 bits per heavy atom. The molecule has 0 radical (unpaired) electrons. The van der Waals surface area contributed by atoms with E-state index in [1.807, 2.05) is 0 Å². The second kappa shape index (κ2) is 13.5. The van der Waals surface area contributed by atoms with Crippen LogP contribution in [0.2, 0.25) is 0 Å². The van der Waals surface area contributed by atoms with Gasteiger partial charge in [0.15, 0.2) is 18.1 Å². The van der Waals surface area contributed by atoms with E-state index < -0.39 is 17.9 Å². The van der Waals surface area contributed by atoms with Crippen LogP contribution in [0.1, 0.15) is 0 Å². The summed E-state index contributed by atoms with van der Waals surface area (Å²) in [5.74, 6) is -0.250. The molecule has 0 unspecified atom stereocenters. The van der Waals surface area contributed by atoms with E-state index in [4.69, 9.17) is 23.7 Å². The van der Waals surface area contributed by atoms with Crippen LogP contribution in [0.5, 0.6) is 17.2 Å². The zero-order valence-corrected chi connectivity index (χ0v) is 18.8. The number of anilines is 1. The number of esters is 3. The van der Waals surface area contributed by atoms with Crippen LogP contribution in [0.25, 0.3) is 0 Å². The molecule has 0 fully saturated rings. The fourth-order valence-electron chi connectivity index (χ4n) is 2.69. The lowest BCUT2D eigenvalue weighted by molar-refractivity contribution is -0.143. The molecule has 0 aliphatic carbocycles. The van der Waals surface area contributed by atoms with Gasteiger partial charge >= 0.3 is 17.9 Å². The fourth-order valence-corrected chi connectivity index (χ4v) is 2.69. The second-order valence-electron chi connectivity index (χ2n) is 6.48. The third kappa shape index (κ3) is 8.24. The van der Waals surface area contributed by atoms with Gasteiger partial charge in [-0.25, -0.2) is 4.79 Å². The SMILES string of the molecule is COC(=O)COc1ccccc1OCCOc1ccccc1N(CC(=O)OC)CC(=O)OC. The Bertz CT molecular complexity index is 914. The molecule has 33 heavy (non-hydrogen) atoms. The minimum absolute atomic E-state index is 0.159. The highest BCUT2D eigenvalue weighted by Crippen LogP contribution is 2.29. The van der Waals surface area contributed by atoms with E-state index in [1.165, 1.54) is 26.2 Å². The molecular weight excluding hydrogens is 434 g/mol. The molecule has 10 nitrogen and oxygen atoms in total. The number of nitrogens with zero attached hydrogens (tertiary/aromatic N) is 1. The first-order valence-corrected chi connectivity index (χ1v) is 10.00. The standard InChI is InChI=1S/C23H27NO9/c1-28-21(25)14-24(15-22(26)29-2)17-8-4-5-9-18(17)31-12-13-32-19-10-6-7-11-20(19)33-16-23(27)30-3/h4-11H,12-16H2,1-3H3. The molecule has 0 aromatic heterocycles. The van der Waals surface area contributed by atoms with Crippen molar-refractivity contribution in [3.05, 3.63) is 48.5 Å². The first-order valence-electron chi connectivity index (χ1n) is 10.00. The maximum Gasteiger partial charge on any atom is 0.343 e. The maximum absolute atomic E-state index is 11.8. The highest BCUT2D eigenvalue weighted by atomic mass is 16.6. The summed E-state index contributed by atoms with van der Waals surface area (Å²) in [5, 5.41) is 0. The fraction of sp³-hybridized carbons (Fsp3) is 0.348. The lowest BCUT2D eigenvalue weighted by atomic mass is 10.2. The molecule has 0 saturated heterocycles. The average molecular weight is 461 g/mol. The summed E-state index contributed by atoms with van der Waals surface area (Å²) in [6, 6.07) is 13.9. The Balaban J connectivity index is 2.02. The lowest BCUT2D eigenvalue weighted by Crippen LogP contribution is -2.36. The number of ether oxygens (including phenoxy) is 6. The molecule has 0 bridgehead atoms. The van der Waals surface area contributed by atoms with Gasteiger partial charge in [-0.2, -0.15) is 0 Å². The van der Waals surface area contributed by atoms with Crippen molar-refractivity contribution in [2.75, 3.05) is 59.1 Å². The smallest absolute Gasteiger partial charge is 0.343 e. The molecule has 0 spiro atoms. The minimum atomic E-state index is -0.513. The molecular formula is C23H27NO9. The van der Waals surface area contributed by atoms with Crippen molar-refractivity contribution in [3.63, 3.8) is 0 Å². The summed E-state index contributed by atoms with van der Waals surface area (Å²) in [4.78, 5) is 36.5. The van der Waals surface area contributed by atoms with Gasteiger partial charge in [0.25, 0.3) is 0 Å². The van der Waals surface area contributed by atoms with Crippen LogP contribution in [-0.2, 0) is 28.6 Å². The molecule has 0 N–H and O–H groups in total. The largest absolute Gasteiger partial charge is 0.488 e. The quantitative estimate of drug-likeness (QED) is 0.249. The third-order valence-corrected chi connectivity index (χ3v) is 4.32. The third-order valence-electron chi connectivity index (χ3n) is 4.32. The molecule has 0 aliphatic rings. The van der Waals surface area contributed by atoms with Crippen LogP contribution in [0, 0.1) is 0 Å². The molecule has 0 amide bonds. The zero-order valence-electron chi connectivity index (χ0n) is 18.8. The summed E-state index contributed by atoms with van der Waals surface area (Å²) < 4.78 is 31.0. The van der Waals surface area contributed by atoms with Crippen LogP contribution in [0.15, 0.2) is 48.5 Å². The van der Waals surface area contributed by atoms with Crippen molar-refractivity contribution in [3.8, 4) is 17.2 Å². The van der Waals surface area contributed by atoms with E-state index in [-0.39, 0.29) is 32.9 Å². The summed E-state index contributed by atoms with van der Waals surface area (Å²) in [6.07, 6.45) is 0. The minimum Gasteiger partial charge on any atom is -0.488 e. The molecule has 178 valence electrons. The number of carbonyl (C=O) groups excluding carboxylic acids is 3. The van der Waals surface area contributed by atoms with Crippen LogP contribution in [0.4, 0.5) is 5.69 Å². The van der Waals surface area contributed by atoms with E-state index >= 15 is 0 Å². The van der Waals surface area contributed by atoms with Gasteiger partial charge in [-0.15, -0.1) is 0 Å². The Hall–Kier alpha value is -3.95. The van der Waals surface area contributed by atoms with E-state index in [1.54, 1.807) is 48.5 Å². The topological polar surface area (TPSA) is 110 Å². The van der Waals surface area contributed by atoms with Crippen molar-refractivity contribution in [1.29, 1.82) is 0 Å². The normalized spacial score (nSPS) is 10.0. The lowest BCUT2D eigenvalue weighted by Gasteiger charge is -2.24. The summed E-state index contributed by atoms with van der Waals surface area (Å²) >= 11 is 0. The molecule has 0 aliphatic heterocycles. The van der Waals surface area contributed by atoms with Crippen molar-refractivity contribution in [2.24, 2.45) is 0 Å². The Morgan fingerprint density at radius 3 is 1.64 bits per heavy atom. The second-order valence-corrected chi connectivity index (χ2v) is 6.48. The first kappa shape index (κ1) is 25.3. The Kier molecular flexibility index (Phi) is 10.3. The van der Waals surface area contributed by atoms with Gasteiger partial charge in [0.05, 0.1) is 27.0 Å². The highest BCUT2D eigenvalue weighted by Gasteiger charge is 2.19. The maximum atomic E-state index is 11.8. The van der Waals surface area contributed by atoms with Crippen LogP contribution in [0.3, 0.4) is 0 Å². The van der Waals surface area contributed by atoms with E-state index in [0.29, 0.717) is 22.9 Å². The number of methoxy groups -OCH3 is 3. The number of hydrogen-bond acceptors (Lipinski definition) is 10. The predicted molar refractivity (Wildman–Crippen MR) is 118 cm³/mol. The van der Waals surface area contributed by atoms with E-state index in [9.17, 15) is 14.4 Å². The average Bonchev–Trinajstić information content (AvgIpc) is 2.85. The summed E-state index contributed by atoms with van der Waals surface area (Å²) in [7, 11) is 3.82. The van der Waals surface area contributed by atoms with Gasteiger partial charge in [0.2, 0.25) is 0 Å². The summed E-state index contributed by atoms with van der Waals surface area (Å²) in [6.45, 7) is -0.231. The molecule has 0 saturated carbocycles. The van der Waals surface area contributed by atoms with Gasteiger partial charge in [0, 0.05) is 0 Å². The predicted octanol–water partition coefficient (Wildman–Crippen LogP) is 1.85. The molecule has 2 rings (SSSR count). The number of benzene rings is 2. The van der Waals surface area contributed by atoms with Gasteiger partial charge in [-0.05, 0) is 24.3 Å². The van der Waals surface area contributed by atoms with Crippen molar-refractivity contribution in [2.45, 2.75) is 0 Å². The van der Waals surface area contributed by atoms with Crippen LogP contribution >= 0.6 is 0 Å². The van der Waals surface area contributed by atoms with Crippen molar-refractivity contribution in [1.82, 2.24) is 0 Å². The number of rotatable bonds is 13. The zero-order chi connectivity index (χ0) is 24.1.